The van der Waals surface area contributed by atoms with Gasteiger partial charge in [-0.25, -0.2) is 0 Å². The second-order valence-electron chi connectivity index (χ2n) is 12.4. The minimum Gasteiger partial charge on any atom is -0.456 e. The summed E-state index contributed by atoms with van der Waals surface area (Å²) in [5, 5.41) is 8.73. The molecule has 0 bridgehead atoms. The molecule has 222 valence electrons. The number of hydrogen-bond donors (Lipinski definition) is 0. The minimum absolute atomic E-state index is 0.134. The molecule has 1 atom stereocenters. The van der Waals surface area contributed by atoms with Crippen LogP contribution in [0.2, 0.25) is 5.02 Å². The molecule has 46 heavy (non-hydrogen) atoms. The first-order valence-corrected chi connectivity index (χ1v) is 18.5. The van der Waals surface area contributed by atoms with Crippen LogP contribution in [0.5, 0.6) is 0 Å². The first-order chi connectivity index (χ1) is 22.7. The molecule has 5 aromatic carbocycles. The van der Waals surface area contributed by atoms with Crippen LogP contribution in [0, 0.1) is 0 Å². The standard InChI is InChI=1S/C42H32ClNOSi/c43-29-20-23-37-38-27-31(22-25-41(38)46(42(37)26-29,33-14-6-2-7-15-33)34-16-8-3-9-17-34)44(30-12-4-1-5-13-30)32-21-24-36-35-18-10-11-19-39(35)45-40(36)28-32/h2-4,6-21,23-28,31H,1,5,22H2. The summed E-state index contributed by atoms with van der Waals surface area (Å²) in [6.07, 6.45) is 15.1. The zero-order valence-electron chi connectivity index (χ0n) is 25.4. The van der Waals surface area contributed by atoms with Gasteiger partial charge < -0.3 is 9.32 Å². The van der Waals surface area contributed by atoms with Gasteiger partial charge in [0.25, 0.3) is 0 Å². The van der Waals surface area contributed by atoms with Crippen molar-refractivity contribution in [1.82, 2.24) is 0 Å². The Morgan fingerprint density at radius 2 is 1.43 bits per heavy atom. The fraction of sp³-hybridized carbons (Fsp3) is 0.0952. The van der Waals surface area contributed by atoms with Crippen LogP contribution in [0.25, 0.3) is 27.5 Å². The molecule has 0 radical (unpaired) electrons. The molecule has 2 aliphatic carbocycles. The molecule has 0 spiro atoms. The highest BCUT2D eigenvalue weighted by atomic mass is 35.5. The summed E-state index contributed by atoms with van der Waals surface area (Å²) in [4.78, 5) is 2.52. The van der Waals surface area contributed by atoms with Gasteiger partial charge in [0, 0.05) is 33.2 Å². The molecule has 1 unspecified atom stereocenters. The van der Waals surface area contributed by atoms with Crippen molar-refractivity contribution in [3.8, 4) is 0 Å². The zero-order chi connectivity index (χ0) is 30.7. The fourth-order valence-corrected chi connectivity index (χ4v) is 13.6. The quantitative estimate of drug-likeness (QED) is 0.177. The summed E-state index contributed by atoms with van der Waals surface area (Å²) < 4.78 is 6.37. The van der Waals surface area contributed by atoms with Crippen molar-refractivity contribution in [3.05, 3.63) is 173 Å². The molecule has 2 heterocycles. The number of anilines is 1. The van der Waals surface area contributed by atoms with Crippen LogP contribution in [-0.2, 0) is 0 Å². The van der Waals surface area contributed by atoms with Crippen molar-refractivity contribution in [2.24, 2.45) is 0 Å². The summed E-state index contributed by atoms with van der Waals surface area (Å²) in [6, 6.07) is 44.0. The van der Waals surface area contributed by atoms with Gasteiger partial charge in [0.1, 0.15) is 11.2 Å². The van der Waals surface area contributed by atoms with Crippen LogP contribution in [0.15, 0.2) is 167 Å². The van der Waals surface area contributed by atoms with Crippen molar-refractivity contribution in [3.63, 3.8) is 0 Å². The first-order valence-electron chi connectivity index (χ1n) is 16.1. The number of allylic oxidation sites excluding steroid dienone is 5. The van der Waals surface area contributed by atoms with Crippen LogP contribution in [0.4, 0.5) is 5.69 Å². The number of halogens is 1. The Bertz CT molecular complexity index is 2220. The van der Waals surface area contributed by atoms with Gasteiger partial charge in [-0.3, -0.25) is 0 Å². The van der Waals surface area contributed by atoms with Gasteiger partial charge >= 0.3 is 0 Å². The highest BCUT2D eigenvalue weighted by Crippen LogP contribution is 2.44. The van der Waals surface area contributed by atoms with E-state index in [1.54, 1.807) is 0 Å². The second kappa shape index (κ2) is 10.9. The van der Waals surface area contributed by atoms with E-state index in [0.29, 0.717) is 0 Å². The van der Waals surface area contributed by atoms with E-state index in [9.17, 15) is 0 Å². The monoisotopic (exact) mass is 629 g/mol. The zero-order valence-corrected chi connectivity index (χ0v) is 27.1. The minimum atomic E-state index is -2.59. The summed E-state index contributed by atoms with van der Waals surface area (Å²) >= 11 is 6.81. The molecule has 0 saturated carbocycles. The highest BCUT2D eigenvalue weighted by molar-refractivity contribution is 7.19. The maximum Gasteiger partial charge on any atom is 0.180 e. The molecule has 0 N–H and O–H groups in total. The van der Waals surface area contributed by atoms with Crippen LogP contribution < -0.4 is 20.5 Å². The smallest absolute Gasteiger partial charge is 0.180 e. The molecule has 2 nitrogen and oxygen atoms in total. The Balaban J connectivity index is 1.24. The van der Waals surface area contributed by atoms with Gasteiger partial charge in [-0.05, 0) is 87.6 Å². The maximum absolute atomic E-state index is 6.81. The van der Waals surface area contributed by atoms with Crippen LogP contribution in [0.3, 0.4) is 0 Å². The van der Waals surface area contributed by atoms with Gasteiger partial charge in [0.2, 0.25) is 0 Å². The van der Waals surface area contributed by atoms with E-state index in [-0.39, 0.29) is 6.04 Å². The molecule has 6 aromatic rings. The van der Waals surface area contributed by atoms with E-state index < -0.39 is 8.07 Å². The van der Waals surface area contributed by atoms with Gasteiger partial charge in [-0.2, -0.15) is 0 Å². The van der Waals surface area contributed by atoms with Crippen molar-refractivity contribution < 1.29 is 4.42 Å². The van der Waals surface area contributed by atoms with E-state index >= 15 is 0 Å². The summed E-state index contributed by atoms with van der Waals surface area (Å²) in [6.45, 7) is 0. The SMILES string of the molecule is Clc1ccc2c(c1)[Si](c1ccccc1)(c1ccccc1)C1=CCC(N(C3=CCCC=C3)c3ccc4c(c3)oc3ccccc34)C=C12. The average molecular weight is 630 g/mol. The Morgan fingerprint density at radius 1 is 0.696 bits per heavy atom. The van der Waals surface area contributed by atoms with E-state index in [0.717, 1.165) is 51.9 Å². The summed E-state index contributed by atoms with van der Waals surface area (Å²) in [5.74, 6) is 0. The molecule has 4 heteroatoms. The summed E-state index contributed by atoms with van der Waals surface area (Å²) in [7, 11) is -2.59. The number of rotatable bonds is 5. The van der Waals surface area contributed by atoms with Crippen molar-refractivity contribution in [2.75, 3.05) is 4.90 Å². The Kier molecular flexibility index (Phi) is 6.51. The molecule has 1 aliphatic heterocycles. The molecule has 9 rings (SSSR count). The Morgan fingerprint density at radius 3 is 2.20 bits per heavy atom. The lowest BCUT2D eigenvalue weighted by molar-refractivity contribution is 0.668. The van der Waals surface area contributed by atoms with Gasteiger partial charge in [-0.15, -0.1) is 0 Å². The molecule has 0 amide bonds. The molecular formula is C42H32ClNOSi. The van der Waals surface area contributed by atoms with E-state index in [1.165, 1.54) is 37.6 Å². The van der Waals surface area contributed by atoms with Crippen LogP contribution >= 0.6 is 11.6 Å². The predicted octanol–water partition coefficient (Wildman–Crippen LogP) is 9.08. The average Bonchev–Trinajstić information content (AvgIpc) is 3.62. The van der Waals surface area contributed by atoms with Crippen molar-refractivity contribution >= 4 is 68.4 Å². The molecule has 3 aliphatic rings. The molecule has 1 aromatic heterocycles. The topological polar surface area (TPSA) is 16.4 Å². The van der Waals surface area contributed by atoms with Gasteiger partial charge in [0.05, 0.1) is 6.04 Å². The number of hydrogen-bond acceptors (Lipinski definition) is 2. The van der Waals surface area contributed by atoms with Gasteiger partial charge in [-0.1, -0.05) is 121 Å². The largest absolute Gasteiger partial charge is 0.456 e. The molecule has 0 saturated heterocycles. The molecule has 0 fully saturated rings. The van der Waals surface area contributed by atoms with Crippen LogP contribution in [0.1, 0.15) is 24.8 Å². The Hall–Kier alpha value is -4.83. The fourth-order valence-electron chi connectivity index (χ4n) is 8.01. The van der Waals surface area contributed by atoms with Crippen molar-refractivity contribution in [1.29, 1.82) is 0 Å². The van der Waals surface area contributed by atoms with Crippen LogP contribution in [-0.4, -0.2) is 14.1 Å². The maximum atomic E-state index is 6.81. The normalized spacial score (nSPS) is 18.1. The second-order valence-corrected chi connectivity index (χ2v) is 16.6. The molecular weight excluding hydrogens is 598 g/mol. The van der Waals surface area contributed by atoms with E-state index in [4.69, 9.17) is 16.0 Å². The lowest BCUT2D eigenvalue weighted by Crippen LogP contribution is -2.66. The summed E-state index contributed by atoms with van der Waals surface area (Å²) in [5.41, 5.74) is 6.88. The third-order valence-corrected chi connectivity index (χ3v) is 15.1. The number of para-hydroxylation sites is 1. The number of benzene rings is 5. The third-order valence-electron chi connectivity index (χ3n) is 9.93. The number of nitrogens with zero attached hydrogens (tertiary/aromatic N) is 1. The lowest BCUT2D eigenvalue weighted by atomic mass is 9.94. The predicted molar refractivity (Wildman–Crippen MR) is 196 cm³/mol. The Labute approximate surface area is 275 Å². The van der Waals surface area contributed by atoms with Gasteiger partial charge in [0.15, 0.2) is 8.07 Å². The van der Waals surface area contributed by atoms with E-state index in [1.807, 2.05) is 6.07 Å². The highest BCUT2D eigenvalue weighted by Gasteiger charge is 2.51. The number of fused-ring (bicyclic) bond motifs is 6. The third kappa shape index (κ3) is 4.16. The van der Waals surface area contributed by atoms with E-state index in [2.05, 4.69) is 151 Å². The lowest BCUT2D eigenvalue weighted by Gasteiger charge is -2.37. The van der Waals surface area contributed by atoms with Crippen molar-refractivity contribution in [2.45, 2.75) is 25.3 Å². The first kappa shape index (κ1) is 27.5. The number of furan rings is 1.